The molecule has 0 bridgehead atoms. The number of aliphatic hydroxyl groups is 1. The lowest BCUT2D eigenvalue weighted by molar-refractivity contribution is -0.286. The van der Waals surface area contributed by atoms with E-state index in [1.165, 1.54) is 18.2 Å². The number of rotatable bonds is 5. The monoisotopic (exact) mass is 506 g/mol. The molecule has 2 aromatic carbocycles. The SMILES string of the molecule is C=CC#Cc1cc2c(cc1NC(=O)C1(c3ccc4c(c3)OC(F)(F)O4)CC1)cc(C(C)(C)C)n2CCO. The highest BCUT2D eigenvalue weighted by Gasteiger charge is 2.53. The molecule has 2 aliphatic rings. The summed E-state index contributed by atoms with van der Waals surface area (Å²) in [5, 5.41) is 13.6. The van der Waals surface area contributed by atoms with Crippen molar-refractivity contribution in [2.45, 2.75) is 57.3 Å². The number of hydrogen-bond acceptors (Lipinski definition) is 4. The predicted octanol–water partition coefficient (Wildman–Crippen LogP) is 5.46. The molecule has 1 saturated carbocycles. The predicted molar refractivity (Wildman–Crippen MR) is 137 cm³/mol. The van der Waals surface area contributed by atoms with Gasteiger partial charge in [-0.25, -0.2) is 0 Å². The molecule has 0 atom stereocenters. The second kappa shape index (κ2) is 8.63. The van der Waals surface area contributed by atoms with Crippen LogP contribution in [0.3, 0.4) is 0 Å². The number of ether oxygens (including phenoxy) is 2. The molecule has 5 rings (SSSR count). The zero-order valence-corrected chi connectivity index (χ0v) is 21.0. The molecule has 0 spiro atoms. The maximum absolute atomic E-state index is 13.6. The van der Waals surface area contributed by atoms with Crippen LogP contribution in [0, 0.1) is 11.8 Å². The summed E-state index contributed by atoms with van der Waals surface area (Å²) in [5.41, 5.74) is 2.69. The van der Waals surface area contributed by atoms with Crippen molar-refractivity contribution < 1.29 is 28.2 Å². The first-order chi connectivity index (χ1) is 17.5. The van der Waals surface area contributed by atoms with Crippen molar-refractivity contribution >= 4 is 22.5 Å². The molecule has 8 heteroatoms. The Morgan fingerprint density at radius 3 is 2.57 bits per heavy atom. The lowest BCUT2D eigenvalue weighted by Gasteiger charge is -2.21. The number of alkyl halides is 2. The van der Waals surface area contributed by atoms with Gasteiger partial charge in [-0.05, 0) is 54.8 Å². The number of anilines is 1. The van der Waals surface area contributed by atoms with E-state index in [4.69, 9.17) is 0 Å². The highest BCUT2D eigenvalue weighted by Crippen LogP contribution is 2.52. The summed E-state index contributed by atoms with van der Waals surface area (Å²) < 4.78 is 38.1. The molecule has 2 N–H and O–H groups in total. The largest absolute Gasteiger partial charge is 0.586 e. The second-order valence-electron chi connectivity index (χ2n) is 10.5. The third-order valence-corrected chi connectivity index (χ3v) is 6.83. The van der Waals surface area contributed by atoms with Crippen molar-refractivity contribution in [1.29, 1.82) is 0 Å². The fourth-order valence-corrected chi connectivity index (χ4v) is 4.87. The van der Waals surface area contributed by atoms with Crippen LogP contribution in [0.2, 0.25) is 0 Å². The maximum Gasteiger partial charge on any atom is 0.586 e. The standard InChI is InChI=1S/C29H28F2N2O4/c1-5-6-7-18-15-22-19(16-25(27(2,3)4)33(22)12-13-34)14-21(18)32-26(35)28(10-11-28)20-8-9-23-24(17-20)37-29(30,31)36-23/h5,8-9,14-17,34H,1,10-13H2,2-4H3,(H,32,35). The van der Waals surface area contributed by atoms with Crippen LogP contribution in [-0.2, 0) is 22.2 Å². The number of carbonyl (C=O) groups excluding carboxylic acids is 1. The number of nitrogens with one attached hydrogen (secondary N) is 1. The van der Waals surface area contributed by atoms with Crippen LogP contribution in [0.1, 0.15) is 50.4 Å². The van der Waals surface area contributed by atoms with Crippen molar-refractivity contribution in [2.75, 3.05) is 11.9 Å². The van der Waals surface area contributed by atoms with E-state index in [9.17, 15) is 18.7 Å². The molecule has 3 aromatic rings. The number of allylic oxidation sites excluding steroid dienone is 1. The summed E-state index contributed by atoms with van der Waals surface area (Å²) in [6.45, 7) is 10.4. The van der Waals surface area contributed by atoms with E-state index >= 15 is 0 Å². The molecule has 0 unspecified atom stereocenters. The zero-order chi connectivity index (χ0) is 26.6. The first kappa shape index (κ1) is 24.8. The fourth-order valence-electron chi connectivity index (χ4n) is 4.87. The minimum absolute atomic E-state index is 0.0109. The number of hydrogen-bond donors (Lipinski definition) is 2. The van der Waals surface area contributed by atoms with Crippen molar-refractivity contribution in [1.82, 2.24) is 4.57 Å². The number of fused-ring (bicyclic) bond motifs is 2. The Labute approximate surface area is 213 Å². The number of aromatic nitrogens is 1. The number of halogens is 2. The number of nitrogens with zero attached hydrogens (tertiary/aromatic N) is 1. The Balaban J connectivity index is 1.53. The Morgan fingerprint density at radius 1 is 1.19 bits per heavy atom. The summed E-state index contributed by atoms with van der Waals surface area (Å²) >= 11 is 0. The van der Waals surface area contributed by atoms with Gasteiger partial charge in [0.2, 0.25) is 5.91 Å². The Bertz CT molecular complexity index is 1480. The van der Waals surface area contributed by atoms with E-state index < -0.39 is 11.7 Å². The molecule has 1 aliphatic heterocycles. The highest BCUT2D eigenvalue weighted by molar-refractivity contribution is 6.04. The van der Waals surface area contributed by atoms with Crippen molar-refractivity contribution in [3.05, 3.63) is 65.9 Å². The van der Waals surface area contributed by atoms with Crippen LogP contribution in [0.15, 0.2) is 49.1 Å². The molecule has 1 aliphatic carbocycles. The average molecular weight is 507 g/mol. The van der Waals surface area contributed by atoms with Crippen LogP contribution < -0.4 is 14.8 Å². The maximum atomic E-state index is 13.6. The van der Waals surface area contributed by atoms with Gasteiger partial charge in [-0.15, -0.1) is 8.78 Å². The third kappa shape index (κ3) is 4.44. The quantitative estimate of drug-likeness (QED) is 0.451. The highest BCUT2D eigenvalue weighted by atomic mass is 19.3. The Kier molecular flexibility index (Phi) is 5.80. The molecule has 1 amide bonds. The van der Waals surface area contributed by atoms with Gasteiger partial charge in [-0.2, -0.15) is 0 Å². The minimum Gasteiger partial charge on any atom is -0.395 e. The molecular formula is C29H28F2N2O4. The molecule has 0 radical (unpaired) electrons. The van der Waals surface area contributed by atoms with Crippen LogP contribution in [0.4, 0.5) is 14.5 Å². The van der Waals surface area contributed by atoms with Gasteiger partial charge < -0.3 is 24.5 Å². The van der Waals surface area contributed by atoms with Gasteiger partial charge in [0.15, 0.2) is 11.5 Å². The van der Waals surface area contributed by atoms with Gasteiger partial charge >= 0.3 is 6.29 Å². The number of aliphatic hydroxyl groups excluding tert-OH is 1. The number of amides is 1. The van der Waals surface area contributed by atoms with Gasteiger partial charge in [0, 0.05) is 28.6 Å². The summed E-state index contributed by atoms with van der Waals surface area (Å²) in [6, 6.07) is 10.4. The summed E-state index contributed by atoms with van der Waals surface area (Å²) in [4.78, 5) is 13.6. The van der Waals surface area contributed by atoms with Crippen LogP contribution in [0.25, 0.3) is 10.9 Å². The lowest BCUT2D eigenvalue weighted by atomic mass is 9.92. The summed E-state index contributed by atoms with van der Waals surface area (Å²) in [6.07, 6.45) is -1.09. The van der Waals surface area contributed by atoms with E-state index in [1.54, 1.807) is 6.07 Å². The molecule has 1 aromatic heterocycles. The molecular weight excluding hydrogens is 478 g/mol. The first-order valence-electron chi connectivity index (χ1n) is 12.1. The number of carbonyl (C=O) groups is 1. The molecule has 2 heterocycles. The summed E-state index contributed by atoms with van der Waals surface area (Å²) in [5.74, 6) is 5.53. The van der Waals surface area contributed by atoms with Gasteiger partial charge in [-0.1, -0.05) is 45.3 Å². The first-order valence-corrected chi connectivity index (χ1v) is 12.1. The Hall–Kier alpha value is -3.83. The fraction of sp³-hybridized carbons (Fsp3) is 0.345. The molecule has 192 valence electrons. The number of benzene rings is 2. The van der Waals surface area contributed by atoms with Crippen LogP contribution in [0.5, 0.6) is 11.5 Å². The lowest BCUT2D eigenvalue weighted by Crippen LogP contribution is -2.28. The average Bonchev–Trinajstić information content (AvgIpc) is 3.47. The third-order valence-electron chi connectivity index (χ3n) is 6.83. The van der Waals surface area contributed by atoms with E-state index in [0.717, 1.165) is 16.6 Å². The van der Waals surface area contributed by atoms with Gasteiger partial charge in [0.05, 0.1) is 23.3 Å². The smallest absolute Gasteiger partial charge is 0.395 e. The molecule has 1 fully saturated rings. The topological polar surface area (TPSA) is 72.7 Å². The summed E-state index contributed by atoms with van der Waals surface area (Å²) in [7, 11) is 0. The van der Waals surface area contributed by atoms with Gasteiger partial charge in [-0.3, -0.25) is 4.79 Å². The van der Waals surface area contributed by atoms with E-state index in [2.05, 4.69) is 64.6 Å². The van der Waals surface area contributed by atoms with Crippen LogP contribution >= 0.6 is 0 Å². The zero-order valence-electron chi connectivity index (χ0n) is 21.0. The van der Waals surface area contributed by atoms with E-state index in [-0.39, 0.29) is 29.4 Å². The molecule has 6 nitrogen and oxygen atoms in total. The van der Waals surface area contributed by atoms with Crippen molar-refractivity contribution in [2.24, 2.45) is 0 Å². The second-order valence-corrected chi connectivity index (χ2v) is 10.5. The van der Waals surface area contributed by atoms with Crippen LogP contribution in [-0.4, -0.2) is 28.5 Å². The molecule has 37 heavy (non-hydrogen) atoms. The van der Waals surface area contributed by atoms with E-state index in [0.29, 0.717) is 36.2 Å². The Morgan fingerprint density at radius 2 is 1.92 bits per heavy atom. The van der Waals surface area contributed by atoms with Gasteiger partial charge in [0.1, 0.15) is 0 Å². The van der Waals surface area contributed by atoms with Crippen molar-refractivity contribution in [3.8, 4) is 23.3 Å². The van der Waals surface area contributed by atoms with Gasteiger partial charge in [0.25, 0.3) is 0 Å². The van der Waals surface area contributed by atoms with Crippen molar-refractivity contribution in [3.63, 3.8) is 0 Å². The normalized spacial score (nSPS) is 16.7. The molecule has 0 saturated heterocycles. The van der Waals surface area contributed by atoms with E-state index in [1.807, 2.05) is 12.1 Å². The minimum atomic E-state index is -3.72.